The Morgan fingerprint density at radius 3 is 2.44 bits per heavy atom. The van der Waals surface area contributed by atoms with Crippen LogP contribution in [0.1, 0.15) is 18.1 Å². The molecule has 0 bridgehead atoms. The summed E-state index contributed by atoms with van der Waals surface area (Å²) in [6.45, 7) is 3.02. The number of hydrogen-bond acceptors (Lipinski definition) is 4. The van der Waals surface area contributed by atoms with E-state index in [9.17, 15) is 8.42 Å². The van der Waals surface area contributed by atoms with Gasteiger partial charge in [0.05, 0.1) is 18.9 Å². The molecule has 2 aromatic heterocycles. The summed E-state index contributed by atoms with van der Waals surface area (Å²) in [7, 11) is -1.79. The smallest absolute Gasteiger partial charge is 0.246 e. The molecule has 0 spiro atoms. The van der Waals surface area contributed by atoms with Crippen molar-refractivity contribution in [1.82, 2.24) is 23.9 Å². The fraction of sp³-hybridized carbons (Fsp3) is 0.294. The zero-order valence-corrected chi connectivity index (χ0v) is 15.1. The quantitative estimate of drug-likeness (QED) is 0.646. The van der Waals surface area contributed by atoms with Gasteiger partial charge in [0, 0.05) is 38.1 Å². The Bertz CT molecular complexity index is 931. The first-order valence-corrected chi connectivity index (χ1v) is 9.47. The van der Waals surface area contributed by atoms with E-state index < -0.39 is 10.0 Å². The number of aryl methyl sites for hydroxylation is 1. The van der Waals surface area contributed by atoms with Crippen LogP contribution in [0.3, 0.4) is 0 Å². The maximum Gasteiger partial charge on any atom is 0.246 e. The van der Waals surface area contributed by atoms with Crippen LogP contribution in [0.15, 0.2) is 60.0 Å². The number of nitrogens with zero attached hydrogens (tertiary/aromatic N) is 5. The Labute approximate surface area is 147 Å². The van der Waals surface area contributed by atoms with E-state index >= 15 is 0 Å². The van der Waals surface area contributed by atoms with Crippen molar-refractivity contribution in [1.29, 1.82) is 0 Å². The van der Waals surface area contributed by atoms with E-state index in [0.717, 1.165) is 11.1 Å². The van der Waals surface area contributed by atoms with Gasteiger partial charge in [-0.05, 0) is 5.56 Å². The third-order valence-electron chi connectivity index (χ3n) is 3.90. The molecule has 8 heteroatoms. The Kier molecular flexibility index (Phi) is 5.00. The number of benzene rings is 1. The summed E-state index contributed by atoms with van der Waals surface area (Å²) in [4.78, 5) is 0.203. The molecule has 0 fully saturated rings. The van der Waals surface area contributed by atoms with Gasteiger partial charge < -0.3 is 0 Å². The van der Waals surface area contributed by atoms with E-state index in [4.69, 9.17) is 0 Å². The molecular weight excluding hydrogens is 338 g/mol. The molecule has 0 aliphatic rings. The third kappa shape index (κ3) is 3.97. The summed E-state index contributed by atoms with van der Waals surface area (Å²) in [6.07, 6.45) is 6.48. The van der Waals surface area contributed by atoms with Gasteiger partial charge in [0.15, 0.2) is 0 Å². The van der Waals surface area contributed by atoms with Gasteiger partial charge in [-0.2, -0.15) is 14.5 Å². The van der Waals surface area contributed by atoms with Crippen molar-refractivity contribution >= 4 is 10.0 Å². The molecule has 0 unspecified atom stereocenters. The standard InChI is InChI=1S/C17H21N5O2S/c1-3-22(13-16-9-18-20(2)11-16)25(23,24)17-10-19-21(14-17)12-15-7-5-4-6-8-15/h4-11,14H,3,12-13H2,1-2H3. The first-order chi connectivity index (χ1) is 12.0. The lowest BCUT2D eigenvalue weighted by Gasteiger charge is -2.18. The topological polar surface area (TPSA) is 73.0 Å². The largest absolute Gasteiger partial charge is 0.275 e. The van der Waals surface area contributed by atoms with Crippen molar-refractivity contribution in [2.24, 2.45) is 7.05 Å². The predicted octanol–water partition coefficient (Wildman–Crippen LogP) is 1.88. The van der Waals surface area contributed by atoms with E-state index in [0.29, 0.717) is 13.1 Å². The molecule has 0 saturated carbocycles. The number of sulfonamides is 1. The molecule has 0 aliphatic heterocycles. The Morgan fingerprint density at radius 2 is 1.80 bits per heavy atom. The Morgan fingerprint density at radius 1 is 1.04 bits per heavy atom. The van der Waals surface area contributed by atoms with E-state index in [1.165, 1.54) is 10.5 Å². The summed E-state index contributed by atoms with van der Waals surface area (Å²) >= 11 is 0. The van der Waals surface area contributed by atoms with Gasteiger partial charge in [0.2, 0.25) is 10.0 Å². The molecule has 25 heavy (non-hydrogen) atoms. The van der Waals surface area contributed by atoms with Crippen molar-refractivity contribution in [2.75, 3.05) is 6.54 Å². The summed E-state index contributed by atoms with van der Waals surface area (Å²) in [5.41, 5.74) is 1.92. The van der Waals surface area contributed by atoms with Crippen LogP contribution in [-0.4, -0.2) is 38.8 Å². The van der Waals surface area contributed by atoms with Crippen LogP contribution in [0.5, 0.6) is 0 Å². The highest BCUT2D eigenvalue weighted by atomic mass is 32.2. The molecule has 0 atom stereocenters. The van der Waals surface area contributed by atoms with Crippen molar-refractivity contribution in [3.05, 3.63) is 66.2 Å². The second kappa shape index (κ2) is 7.20. The number of rotatable bonds is 7. The second-order valence-corrected chi connectivity index (χ2v) is 7.75. The lowest BCUT2D eigenvalue weighted by molar-refractivity contribution is 0.423. The minimum absolute atomic E-state index is 0.203. The average Bonchev–Trinajstić information content (AvgIpc) is 3.23. The minimum Gasteiger partial charge on any atom is -0.275 e. The molecule has 2 heterocycles. The van der Waals surface area contributed by atoms with Crippen LogP contribution in [0.4, 0.5) is 0 Å². The van der Waals surface area contributed by atoms with Crippen LogP contribution >= 0.6 is 0 Å². The fourth-order valence-electron chi connectivity index (χ4n) is 2.61. The molecular formula is C17H21N5O2S. The summed E-state index contributed by atoms with van der Waals surface area (Å²) < 4.78 is 30.5. The van der Waals surface area contributed by atoms with Gasteiger partial charge in [-0.3, -0.25) is 9.36 Å². The van der Waals surface area contributed by atoms with E-state index in [-0.39, 0.29) is 11.4 Å². The predicted molar refractivity (Wildman–Crippen MR) is 94.2 cm³/mol. The van der Waals surface area contributed by atoms with Gasteiger partial charge in [-0.25, -0.2) is 8.42 Å². The lowest BCUT2D eigenvalue weighted by Crippen LogP contribution is -2.30. The molecule has 0 amide bonds. The summed E-state index contributed by atoms with van der Waals surface area (Å²) in [6, 6.07) is 9.81. The maximum atomic E-state index is 12.9. The molecule has 0 radical (unpaired) electrons. The zero-order chi connectivity index (χ0) is 17.9. The monoisotopic (exact) mass is 359 g/mol. The van der Waals surface area contributed by atoms with Gasteiger partial charge in [0.25, 0.3) is 0 Å². The molecule has 3 aromatic rings. The molecule has 0 N–H and O–H groups in total. The number of hydrogen-bond donors (Lipinski definition) is 0. The molecule has 3 rings (SSSR count). The van der Waals surface area contributed by atoms with Crippen LogP contribution in [-0.2, 0) is 30.2 Å². The second-order valence-electron chi connectivity index (χ2n) is 5.81. The van der Waals surface area contributed by atoms with Crippen LogP contribution in [0, 0.1) is 0 Å². The van der Waals surface area contributed by atoms with Gasteiger partial charge in [0.1, 0.15) is 4.90 Å². The lowest BCUT2D eigenvalue weighted by atomic mass is 10.2. The Hall–Kier alpha value is -2.45. The third-order valence-corrected chi connectivity index (χ3v) is 5.78. The van der Waals surface area contributed by atoms with E-state index in [2.05, 4.69) is 10.2 Å². The molecule has 0 aliphatic carbocycles. The zero-order valence-electron chi connectivity index (χ0n) is 14.3. The van der Waals surface area contributed by atoms with Gasteiger partial charge in [-0.15, -0.1) is 0 Å². The highest BCUT2D eigenvalue weighted by Crippen LogP contribution is 2.18. The van der Waals surface area contributed by atoms with Crippen LogP contribution < -0.4 is 0 Å². The van der Waals surface area contributed by atoms with Gasteiger partial charge >= 0.3 is 0 Å². The van der Waals surface area contributed by atoms with Crippen molar-refractivity contribution in [2.45, 2.75) is 24.9 Å². The van der Waals surface area contributed by atoms with Crippen molar-refractivity contribution in [3.8, 4) is 0 Å². The summed E-state index contributed by atoms with van der Waals surface area (Å²) in [5, 5.41) is 8.29. The van der Waals surface area contributed by atoms with E-state index in [1.807, 2.05) is 50.5 Å². The van der Waals surface area contributed by atoms with Crippen LogP contribution in [0.2, 0.25) is 0 Å². The normalized spacial score (nSPS) is 12.0. The first kappa shape index (κ1) is 17.4. The highest BCUT2D eigenvalue weighted by molar-refractivity contribution is 7.89. The first-order valence-electron chi connectivity index (χ1n) is 8.03. The Balaban J connectivity index is 1.79. The summed E-state index contributed by atoms with van der Waals surface area (Å²) in [5.74, 6) is 0. The highest BCUT2D eigenvalue weighted by Gasteiger charge is 2.25. The van der Waals surface area contributed by atoms with Crippen molar-refractivity contribution in [3.63, 3.8) is 0 Å². The average molecular weight is 359 g/mol. The SMILES string of the molecule is CCN(Cc1cnn(C)c1)S(=O)(=O)c1cnn(Cc2ccccc2)c1. The maximum absolute atomic E-state index is 12.9. The molecule has 1 aromatic carbocycles. The number of aromatic nitrogens is 4. The molecule has 7 nitrogen and oxygen atoms in total. The molecule has 0 saturated heterocycles. The van der Waals surface area contributed by atoms with Gasteiger partial charge in [-0.1, -0.05) is 37.3 Å². The minimum atomic E-state index is -3.60. The fourth-order valence-corrected chi connectivity index (χ4v) is 4.00. The van der Waals surface area contributed by atoms with E-state index in [1.54, 1.807) is 21.8 Å². The van der Waals surface area contributed by atoms with Crippen LogP contribution in [0.25, 0.3) is 0 Å². The van der Waals surface area contributed by atoms with Crippen molar-refractivity contribution < 1.29 is 8.42 Å². The molecule has 132 valence electrons.